The van der Waals surface area contributed by atoms with Gasteiger partial charge in [-0.2, -0.15) is 0 Å². The summed E-state index contributed by atoms with van der Waals surface area (Å²) < 4.78 is 4.96. The number of rotatable bonds is 3. The predicted molar refractivity (Wildman–Crippen MR) is 86.0 cm³/mol. The molecule has 0 atom stereocenters. The van der Waals surface area contributed by atoms with Crippen molar-refractivity contribution >= 4 is 17.5 Å². The fourth-order valence-corrected chi connectivity index (χ4v) is 2.78. The van der Waals surface area contributed by atoms with Crippen LogP contribution in [0.2, 0.25) is 0 Å². The maximum absolute atomic E-state index is 12.1. The number of nitrogens with zero attached hydrogens (tertiary/aromatic N) is 1. The second-order valence-corrected chi connectivity index (χ2v) is 5.64. The Kier molecular flexibility index (Phi) is 4.32. The number of hydrogen-bond donors (Lipinski definition) is 2. The molecule has 0 saturated carbocycles. The Labute approximate surface area is 134 Å². The molecule has 2 aromatic rings. The molecule has 6 nitrogen and oxygen atoms in total. The van der Waals surface area contributed by atoms with Crippen molar-refractivity contribution in [1.29, 1.82) is 0 Å². The predicted octanol–water partition coefficient (Wildman–Crippen LogP) is 1.80. The first-order valence-electron chi connectivity index (χ1n) is 7.60. The number of fused-ring (bicyclic) bond motifs is 1. The number of furan rings is 1. The summed E-state index contributed by atoms with van der Waals surface area (Å²) in [7, 11) is 0. The minimum atomic E-state index is -0.474. The van der Waals surface area contributed by atoms with Gasteiger partial charge < -0.3 is 9.32 Å². The summed E-state index contributed by atoms with van der Waals surface area (Å²) in [5.74, 6) is -0.583. The number of benzene rings is 1. The molecule has 6 heteroatoms. The van der Waals surface area contributed by atoms with Crippen molar-refractivity contribution in [1.82, 2.24) is 10.9 Å². The number of amides is 2. The van der Waals surface area contributed by atoms with Crippen LogP contribution in [-0.2, 0) is 11.2 Å². The first-order chi connectivity index (χ1) is 11.1. The first-order valence-corrected chi connectivity index (χ1v) is 7.60. The zero-order valence-electron chi connectivity index (χ0n) is 13.0. The second-order valence-electron chi connectivity index (χ2n) is 5.64. The van der Waals surface area contributed by atoms with E-state index in [4.69, 9.17) is 4.42 Å². The molecular formula is C17H19N3O3. The van der Waals surface area contributed by atoms with Crippen molar-refractivity contribution in [3.8, 4) is 0 Å². The van der Waals surface area contributed by atoms with Crippen LogP contribution in [-0.4, -0.2) is 24.9 Å². The summed E-state index contributed by atoms with van der Waals surface area (Å²) in [5, 5.41) is 0. The highest BCUT2D eigenvalue weighted by atomic mass is 16.3. The Morgan fingerprint density at radius 3 is 2.91 bits per heavy atom. The molecule has 2 N–H and O–H groups in total. The second kappa shape index (κ2) is 6.56. The van der Waals surface area contributed by atoms with Gasteiger partial charge in [0.05, 0.1) is 12.8 Å². The number of nitrogens with one attached hydrogen (secondary N) is 2. The normalized spacial score (nSPS) is 13.3. The molecule has 2 heterocycles. The largest absolute Gasteiger partial charge is 0.459 e. The van der Waals surface area contributed by atoms with Crippen LogP contribution in [0.25, 0.3) is 0 Å². The van der Waals surface area contributed by atoms with Gasteiger partial charge in [-0.05, 0) is 43.5 Å². The van der Waals surface area contributed by atoms with Gasteiger partial charge in [0.15, 0.2) is 5.76 Å². The fourth-order valence-electron chi connectivity index (χ4n) is 2.78. The van der Waals surface area contributed by atoms with E-state index in [1.54, 1.807) is 6.07 Å². The highest BCUT2D eigenvalue weighted by Gasteiger charge is 2.19. The van der Waals surface area contributed by atoms with Crippen LogP contribution in [0, 0.1) is 6.92 Å². The molecule has 0 fully saturated rings. The highest BCUT2D eigenvalue weighted by molar-refractivity contribution is 5.93. The molecule has 0 unspecified atom stereocenters. The number of aryl methyl sites for hydroxylation is 2. The molecule has 0 aliphatic carbocycles. The van der Waals surface area contributed by atoms with Crippen molar-refractivity contribution in [3.05, 3.63) is 53.5 Å². The van der Waals surface area contributed by atoms with Gasteiger partial charge in [-0.25, -0.2) is 0 Å². The Hall–Kier alpha value is -2.76. The lowest BCUT2D eigenvalue weighted by atomic mass is 9.99. The molecule has 1 aromatic heterocycles. The smallest absolute Gasteiger partial charge is 0.305 e. The summed E-state index contributed by atoms with van der Waals surface area (Å²) in [4.78, 5) is 25.8. The van der Waals surface area contributed by atoms with Crippen LogP contribution in [0.1, 0.15) is 28.1 Å². The van der Waals surface area contributed by atoms with Gasteiger partial charge in [-0.1, -0.05) is 17.7 Å². The standard InChI is InChI=1S/C17H19N3O3/c1-12-6-7-14-13(10-12)4-2-8-20(14)11-16(21)18-19-17(22)15-5-3-9-23-15/h3,5-7,9-10H,2,4,8,11H2,1H3,(H,18,21)(H,19,22). The third-order valence-electron chi connectivity index (χ3n) is 3.84. The topological polar surface area (TPSA) is 74.6 Å². The maximum atomic E-state index is 12.1. The summed E-state index contributed by atoms with van der Waals surface area (Å²) in [6, 6.07) is 9.42. The van der Waals surface area contributed by atoms with Gasteiger partial charge in [-0.15, -0.1) is 0 Å². The number of hydrogen-bond acceptors (Lipinski definition) is 4. The van der Waals surface area contributed by atoms with Crippen LogP contribution < -0.4 is 15.8 Å². The van der Waals surface area contributed by atoms with E-state index >= 15 is 0 Å². The van der Waals surface area contributed by atoms with Gasteiger partial charge in [0.25, 0.3) is 5.91 Å². The molecule has 1 aliphatic heterocycles. The molecule has 1 aromatic carbocycles. The Bertz CT molecular complexity index is 710. The zero-order chi connectivity index (χ0) is 16.2. The third-order valence-corrected chi connectivity index (χ3v) is 3.84. The molecule has 2 amide bonds. The lowest BCUT2D eigenvalue weighted by Crippen LogP contribution is -2.47. The Morgan fingerprint density at radius 1 is 1.26 bits per heavy atom. The quantitative estimate of drug-likeness (QED) is 0.847. The zero-order valence-corrected chi connectivity index (χ0v) is 13.0. The average molecular weight is 313 g/mol. The van der Waals surface area contributed by atoms with Crippen molar-refractivity contribution in [3.63, 3.8) is 0 Å². The lowest BCUT2D eigenvalue weighted by Gasteiger charge is -2.31. The molecule has 0 radical (unpaired) electrons. The van der Waals surface area contributed by atoms with Crippen molar-refractivity contribution in [2.75, 3.05) is 18.0 Å². The van der Waals surface area contributed by atoms with E-state index in [2.05, 4.69) is 29.9 Å². The summed E-state index contributed by atoms with van der Waals surface area (Å²) in [6.45, 7) is 3.10. The number of hydrazine groups is 1. The molecule has 0 saturated heterocycles. The SMILES string of the molecule is Cc1ccc2c(c1)CCCN2CC(=O)NNC(=O)c1ccco1. The molecule has 0 bridgehead atoms. The van der Waals surface area contributed by atoms with Crippen LogP contribution in [0.5, 0.6) is 0 Å². The van der Waals surface area contributed by atoms with Gasteiger partial charge >= 0.3 is 5.91 Å². The molecule has 23 heavy (non-hydrogen) atoms. The molecule has 3 rings (SSSR count). The monoisotopic (exact) mass is 313 g/mol. The van der Waals surface area contributed by atoms with Gasteiger partial charge in [-0.3, -0.25) is 20.4 Å². The lowest BCUT2D eigenvalue weighted by molar-refractivity contribution is -0.120. The summed E-state index contributed by atoms with van der Waals surface area (Å²) >= 11 is 0. The van der Waals surface area contributed by atoms with E-state index in [0.717, 1.165) is 25.1 Å². The average Bonchev–Trinajstić information content (AvgIpc) is 3.07. The van der Waals surface area contributed by atoms with E-state index < -0.39 is 5.91 Å². The minimum absolute atomic E-state index is 0.157. The van der Waals surface area contributed by atoms with Gasteiger partial charge in [0, 0.05) is 12.2 Å². The van der Waals surface area contributed by atoms with Crippen molar-refractivity contribution in [2.45, 2.75) is 19.8 Å². The van der Waals surface area contributed by atoms with Crippen molar-refractivity contribution < 1.29 is 14.0 Å². The summed E-state index contributed by atoms with van der Waals surface area (Å²) in [6.07, 6.45) is 3.45. The highest BCUT2D eigenvalue weighted by Crippen LogP contribution is 2.27. The maximum Gasteiger partial charge on any atom is 0.305 e. The van der Waals surface area contributed by atoms with E-state index in [-0.39, 0.29) is 18.2 Å². The van der Waals surface area contributed by atoms with E-state index in [9.17, 15) is 9.59 Å². The van der Waals surface area contributed by atoms with E-state index in [0.29, 0.717) is 0 Å². The van der Waals surface area contributed by atoms with Gasteiger partial charge in [0.2, 0.25) is 0 Å². The minimum Gasteiger partial charge on any atom is -0.459 e. The Morgan fingerprint density at radius 2 is 2.13 bits per heavy atom. The number of carbonyl (C=O) groups is 2. The number of anilines is 1. The van der Waals surface area contributed by atoms with Crippen LogP contribution >= 0.6 is 0 Å². The Balaban J connectivity index is 1.58. The van der Waals surface area contributed by atoms with E-state index in [1.807, 2.05) is 11.0 Å². The molecule has 120 valence electrons. The molecule has 0 spiro atoms. The molecule has 1 aliphatic rings. The van der Waals surface area contributed by atoms with Crippen LogP contribution in [0.4, 0.5) is 5.69 Å². The third kappa shape index (κ3) is 3.53. The van der Waals surface area contributed by atoms with Gasteiger partial charge in [0.1, 0.15) is 0 Å². The van der Waals surface area contributed by atoms with Crippen LogP contribution in [0.3, 0.4) is 0 Å². The fraction of sp³-hybridized carbons (Fsp3) is 0.294. The molecular weight excluding hydrogens is 294 g/mol. The number of carbonyl (C=O) groups excluding carboxylic acids is 2. The van der Waals surface area contributed by atoms with Crippen molar-refractivity contribution in [2.24, 2.45) is 0 Å². The first kappa shape index (κ1) is 15.1. The summed E-state index contributed by atoms with van der Waals surface area (Å²) in [5.41, 5.74) is 8.35. The van der Waals surface area contributed by atoms with Crippen LogP contribution in [0.15, 0.2) is 41.0 Å². The van der Waals surface area contributed by atoms with E-state index in [1.165, 1.54) is 23.5 Å².